The molecule has 4 nitrogen and oxygen atoms in total. The average Bonchev–Trinajstić information content (AvgIpc) is 2.84. The van der Waals surface area contributed by atoms with Crippen LogP contribution in [0.2, 0.25) is 0 Å². The zero-order chi connectivity index (χ0) is 10.3. The van der Waals surface area contributed by atoms with Gasteiger partial charge in [-0.15, -0.1) is 0 Å². The summed E-state index contributed by atoms with van der Waals surface area (Å²) in [6, 6.07) is 10.0. The molecule has 0 radical (unpaired) electrons. The molecule has 1 aromatic carbocycles. The molecule has 0 amide bonds. The number of aryl methyl sites for hydroxylation is 1. The van der Waals surface area contributed by atoms with Gasteiger partial charge in [-0.1, -0.05) is 18.2 Å². The number of benzene rings is 1. The molecule has 1 N–H and O–H groups in total. The standard InChI is InChI=1S/C11H10N4/c1-8-10-7-12-13-11(10)15(14-8)9-5-3-2-4-6-9/h2-7H,1H3,(H,12,13). The molecule has 0 fully saturated rings. The van der Waals surface area contributed by atoms with E-state index in [1.165, 1.54) is 0 Å². The van der Waals surface area contributed by atoms with Crippen molar-refractivity contribution >= 4 is 11.0 Å². The number of para-hydroxylation sites is 1. The van der Waals surface area contributed by atoms with E-state index < -0.39 is 0 Å². The van der Waals surface area contributed by atoms with Crippen LogP contribution in [0.15, 0.2) is 36.5 Å². The average molecular weight is 198 g/mol. The van der Waals surface area contributed by atoms with Crippen LogP contribution in [-0.2, 0) is 0 Å². The molecule has 3 aromatic rings. The molecular weight excluding hydrogens is 188 g/mol. The molecule has 0 bridgehead atoms. The second-order valence-electron chi connectivity index (χ2n) is 3.47. The quantitative estimate of drug-likeness (QED) is 0.650. The minimum Gasteiger partial charge on any atom is -0.261 e. The Kier molecular flexibility index (Phi) is 1.62. The SMILES string of the molecule is Cc1nn(-c2ccccc2)c2[nH]ncc12. The summed E-state index contributed by atoms with van der Waals surface area (Å²) in [5.41, 5.74) is 2.97. The number of rotatable bonds is 1. The van der Waals surface area contributed by atoms with Crippen LogP contribution in [0, 0.1) is 6.92 Å². The lowest BCUT2D eigenvalue weighted by atomic mass is 10.3. The molecule has 0 unspecified atom stereocenters. The van der Waals surface area contributed by atoms with Crippen LogP contribution >= 0.6 is 0 Å². The van der Waals surface area contributed by atoms with E-state index >= 15 is 0 Å². The minimum absolute atomic E-state index is 0.943. The number of hydrogen-bond acceptors (Lipinski definition) is 2. The van der Waals surface area contributed by atoms with E-state index in [2.05, 4.69) is 15.3 Å². The van der Waals surface area contributed by atoms with Gasteiger partial charge in [-0.3, -0.25) is 5.10 Å². The third-order valence-corrected chi connectivity index (χ3v) is 2.47. The molecule has 4 heteroatoms. The molecule has 74 valence electrons. The summed E-state index contributed by atoms with van der Waals surface area (Å²) in [6.07, 6.45) is 1.80. The summed E-state index contributed by atoms with van der Waals surface area (Å²) in [7, 11) is 0. The lowest BCUT2D eigenvalue weighted by Gasteiger charge is -2.00. The smallest absolute Gasteiger partial charge is 0.159 e. The molecule has 0 aliphatic heterocycles. The number of fused-ring (bicyclic) bond motifs is 1. The number of aromatic nitrogens is 4. The van der Waals surface area contributed by atoms with Crippen molar-refractivity contribution < 1.29 is 0 Å². The predicted octanol–water partition coefficient (Wildman–Crippen LogP) is 2.06. The first kappa shape index (κ1) is 8.23. The summed E-state index contributed by atoms with van der Waals surface area (Å²) < 4.78 is 1.87. The highest BCUT2D eigenvalue weighted by Crippen LogP contribution is 2.18. The normalized spacial score (nSPS) is 11.0. The maximum atomic E-state index is 4.47. The summed E-state index contributed by atoms with van der Waals surface area (Å²) in [5, 5.41) is 12.5. The maximum absolute atomic E-state index is 4.47. The molecule has 15 heavy (non-hydrogen) atoms. The van der Waals surface area contributed by atoms with Gasteiger partial charge in [0.15, 0.2) is 5.65 Å². The summed E-state index contributed by atoms with van der Waals surface area (Å²) in [5.74, 6) is 0. The topological polar surface area (TPSA) is 46.5 Å². The second-order valence-corrected chi connectivity index (χ2v) is 3.47. The van der Waals surface area contributed by atoms with Gasteiger partial charge < -0.3 is 0 Å². The fourth-order valence-corrected chi connectivity index (χ4v) is 1.72. The molecule has 0 saturated heterocycles. The minimum atomic E-state index is 0.943. The third-order valence-electron chi connectivity index (χ3n) is 2.47. The van der Waals surface area contributed by atoms with E-state index in [1.807, 2.05) is 41.9 Å². The van der Waals surface area contributed by atoms with E-state index in [4.69, 9.17) is 0 Å². The van der Waals surface area contributed by atoms with Crippen LogP contribution in [0.5, 0.6) is 0 Å². The van der Waals surface area contributed by atoms with Crippen molar-refractivity contribution in [2.24, 2.45) is 0 Å². The van der Waals surface area contributed by atoms with Crippen LogP contribution in [0.25, 0.3) is 16.7 Å². The number of nitrogens with one attached hydrogen (secondary N) is 1. The first-order valence-electron chi connectivity index (χ1n) is 4.80. The molecule has 0 aliphatic carbocycles. The maximum Gasteiger partial charge on any atom is 0.159 e. The Morgan fingerprint density at radius 1 is 1.20 bits per heavy atom. The molecule has 0 spiro atoms. The Labute approximate surface area is 86.5 Å². The first-order chi connectivity index (χ1) is 7.36. The Morgan fingerprint density at radius 2 is 2.00 bits per heavy atom. The zero-order valence-corrected chi connectivity index (χ0v) is 8.31. The summed E-state index contributed by atoms with van der Waals surface area (Å²) in [4.78, 5) is 0. The molecule has 0 aliphatic rings. The molecule has 0 atom stereocenters. The van der Waals surface area contributed by atoms with E-state index in [0.717, 1.165) is 22.4 Å². The van der Waals surface area contributed by atoms with Gasteiger partial charge in [0.05, 0.1) is 23.0 Å². The first-order valence-corrected chi connectivity index (χ1v) is 4.80. The second kappa shape index (κ2) is 2.95. The van der Waals surface area contributed by atoms with Crippen LogP contribution < -0.4 is 0 Å². The predicted molar refractivity (Wildman–Crippen MR) is 58.0 cm³/mol. The van der Waals surface area contributed by atoms with E-state index in [0.29, 0.717) is 0 Å². The Balaban J connectivity index is 2.32. The van der Waals surface area contributed by atoms with Crippen molar-refractivity contribution in [2.75, 3.05) is 0 Å². The van der Waals surface area contributed by atoms with Crippen molar-refractivity contribution in [2.45, 2.75) is 6.92 Å². The van der Waals surface area contributed by atoms with Gasteiger partial charge in [0.2, 0.25) is 0 Å². The van der Waals surface area contributed by atoms with Crippen LogP contribution in [0.1, 0.15) is 5.69 Å². The Hall–Kier alpha value is -2.10. The largest absolute Gasteiger partial charge is 0.261 e. The van der Waals surface area contributed by atoms with E-state index in [-0.39, 0.29) is 0 Å². The van der Waals surface area contributed by atoms with Crippen molar-refractivity contribution in [1.29, 1.82) is 0 Å². The molecule has 3 rings (SSSR count). The van der Waals surface area contributed by atoms with Gasteiger partial charge >= 0.3 is 0 Å². The van der Waals surface area contributed by atoms with Gasteiger partial charge in [-0.2, -0.15) is 10.2 Å². The molecule has 2 heterocycles. The van der Waals surface area contributed by atoms with Crippen molar-refractivity contribution in [3.63, 3.8) is 0 Å². The molecule has 2 aromatic heterocycles. The highest BCUT2D eigenvalue weighted by molar-refractivity contribution is 5.78. The van der Waals surface area contributed by atoms with Crippen molar-refractivity contribution in [1.82, 2.24) is 20.0 Å². The van der Waals surface area contributed by atoms with Gasteiger partial charge in [0, 0.05) is 0 Å². The fourth-order valence-electron chi connectivity index (χ4n) is 1.72. The summed E-state index contributed by atoms with van der Waals surface area (Å²) in [6.45, 7) is 1.98. The Bertz CT molecular complexity index is 591. The number of aromatic amines is 1. The third kappa shape index (κ3) is 1.15. The lowest BCUT2D eigenvalue weighted by molar-refractivity contribution is 0.865. The molecular formula is C11H10N4. The Morgan fingerprint density at radius 3 is 2.80 bits per heavy atom. The van der Waals surface area contributed by atoms with Gasteiger partial charge in [0.1, 0.15) is 0 Å². The van der Waals surface area contributed by atoms with Crippen molar-refractivity contribution in [3.8, 4) is 5.69 Å². The van der Waals surface area contributed by atoms with E-state index in [9.17, 15) is 0 Å². The highest BCUT2D eigenvalue weighted by atomic mass is 15.3. The monoisotopic (exact) mass is 198 g/mol. The summed E-state index contributed by atoms with van der Waals surface area (Å²) >= 11 is 0. The number of H-pyrrole nitrogens is 1. The van der Waals surface area contributed by atoms with E-state index in [1.54, 1.807) is 6.20 Å². The van der Waals surface area contributed by atoms with Crippen LogP contribution in [0.3, 0.4) is 0 Å². The van der Waals surface area contributed by atoms with Crippen molar-refractivity contribution in [3.05, 3.63) is 42.2 Å². The zero-order valence-electron chi connectivity index (χ0n) is 8.31. The fraction of sp³-hybridized carbons (Fsp3) is 0.0909. The van der Waals surface area contributed by atoms with Gasteiger partial charge in [0.25, 0.3) is 0 Å². The highest BCUT2D eigenvalue weighted by Gasteiger charge is 2.09. The van der Waals surface area contributed by atoms with Gasteiger partial charge in [-0.05, 0) is 19.1 Å². The number of hydrogen-bond donors (Lipinski definition) is 1. The van der Waals surface area contributed by atoms with Crippen LogP contribution in [-0.4, -0.2) is 20.0 Å². The van der Waals surface area contributed by atoms with Crippen LogP contribution in [0.4, 0.5) is 0 Å². The molecule has 0 saturated carbocycles. The lowest BCUT2D eigenvalue weighted by Crippen LogP contribution is -1.96. The number of nitrogens with zero attached hydrogens (tertiary/aromatic N) is 3. The van der Waals surface area contributed by atoms with Gasteiger partial charge in [-0.25, -0.2) is 4.68 Å².